The molecule has 0 saturated heterocycles. The molecule has 0 fully saturated rings. The van der Waals surface area contributed by atoms with Gasteiger partial charge in [-0.05, 0) is 17.5 Å². The van der Waals surface area contributed by atoms with Gasteiger partial charge in [-0.1, -0.05) is 50.7 Å². The highest BCUT2D eigenvalue weighted by Gasteiger charge is 2.26. The zero-order chi connectivity index (χ0) is 19.9. The Kier molecular flexibility index (Phi) is 7.18. The molecular weight excluding hydrogens is 364 g/mol. The van der Waals surface area contributed by atoms with Gasteiger partial charge in [-0.3, -0.25) is 4.79 Å². The van der Waals surface area contributed by atoms with Crippen molar-refractivity contribution in [3.8, 4) is 11.8 Å². The lowest BCUT2D eigenvalue weighted by Crippen LogP contribution is -2.27. The first-order valence-corrected chi connectivity index (χ1v) is 9.23. The van der Waals surface area contributed by atoms with Crippen LogP contribution >= 0.6 is 11.8 Å². The smallest absolute Gasteiger partial charge is 0.271 e. The van der Waals surface area contributed by atoms with Crippen LogP contribution in [0.1, 0.15) is 31.1 Å². The molecule has 0 spiro atoms. The van der Waals surface area contributed by atoms with E-state index >= 15 is 0 Å². The molecule has 2 aromatic rings. The molecule has 1 aromatic carbocycles. The molecule has 1 atom stereocenters. The second kappa shape index (κ2) is 9.36. The van der Waals surface area contributed by atoms with Crippen LogP contribution in [0.15, 0.2) is 46.7 Å². The third-order valence-corrected chi connectivity index (χ3v) is 5.05. The Morgan fingerprint density at radius 1 is 1.15 bits per heavy atom. The maximum absolute atomic E-state index is 12.1. The first kappa shape index (κ1) is 20.7. The Morgan fingerprint density at radius 3 is 2.26 bits per heavy atom. The van der Waals surface area contributed by atoms with Gasteiger partial charge < -0.3 is 9.47 Å². The zero-order valence-corrected chi connectivity index (χ0v) is 16.9. The normalized spacial score (nSPS) is 12.6. The average molecular weight is 388 g/mol. The number of hydrogen-bond acceptors (Lipinski definition) is 7. The van der Waals surface area contributed by atoms with Crippen molar-refractivity contribution >= 4 is 23.9 Å². The number of hydrazone groups is 1. The first-order chi connectivity index (χ1) is 12.8. The van der Waals surface area contributed by atoms with E-state index in [2.05, 4.69) is 41.3 Å². The van der Waals surface area contributed by atoms with Gasteiger partial charge in [0.2, 0.25) is 11.8 Å². The highest BCUT2D eigenvalue weighted by molar-refractivity contribution is 8.00. The third-order valence-electron chi connectivity index (χ3n) is 3.57. The summed E-state index contributed by atoms with van der Waals surface area (Å²) in [5.74, 6) is 0.585. The van der Waals surface area contributed by atoms with Crippen molar-refractivity contribution < 1.29 is 14.3 Å². The molecule has 1 heterocycles. The molecule has 1 unspecified atom stereocenters. The number of rotatable bonds is 7. The van der Waals surface area contributed by atoms with Crippen LogP contribution in [-0.2, 0) is 0 Å². The average Bonchev–Trinajstić information content (AvgIpc) is 2.66. The van der Waals surface area contributed by atoms with E-state index in [0.717, 1.165) is 0 Å². The van der Waals surface area contributed by atoms with Crippen molar-refractivity contribution in [3.05, 3.63) is 42.0 Å². The molecule has 0 radical (unpaired) electrons. The van der Waals surface area contributed by atoms with Crippen molar-refractivity contribution in [2.45, 2.75) is 31.2 Å². The minimum Gasteiger partial charge on any atom is -0.481 e. The number of nitrogens with zero attached hydrogens (tertiary/aromatic N) is 3. The molecule has 2 rings (SSSR count). The minimum absolute atomic E-state index is 0.0922. The van der Waals surface area contributed by atoms with Crippen molar-refractivity contribution in [3.63, 3.8) is 0 Å². The van der Waals surface area contributed by atoms with Gasteiger partial charge in [0.05, 0.1) is 25.5 Å². The molecule has 8 heteroatoms. The van der Waals surface area contributed by atoms with E-state index in [9.17, 15) is 4.79 Å². The molecular formula is C19H24N4O3S. The lowest BCUT2D eigenvalue weighted by Gasteiger charge is -2.26. The molecule has 1 N–H and O–H groups in total. The Bertz CT molecular complexity index is 769. The molecule has 0 aliphatic carbocycles. The molecule has 0 aliphatic rings. The Morgan fingerprint density at radius 2 is 1.74 bits per heavy atom. The molecule has 144 valence electrons. The molecule has 0 bridgehead atoms. The molecule has 1 amide bonds. The number of hydrogen-bond donors (Lipinski definition) is 1. The number of carbonyl (C=O) groups is 1. The fraction of sp³-hybridized carbons (Fsp3) is 0.368. The van der Waals surface area contributed by atoms with Crippen molar-refractivity contribution in [1.29, 1.82) is 0 Å². The predicted molar refractivity (Wildman–Crippen MR) is 107 cm³/mol. The number of thioether (sulfide) groups is 1. The topological polar surface area (TPSA) is 85.7 Å². The number of nitrogens with one attached hydrogen (secondary N) is 1. The van der Waals surface area contributed by atoms with Gasteiger partial charge in [0.25, 0.3) is 5.91 Å². The van der Waals surface area contributed by atoms with Gasteiger partial charge in [-0.2, -0.15) is 15.1 Å². The Balaban J connectivity index is 2.13. The van der Waals surface area contributed by atoms with Crippen LogP contribution in [0.25, 0.3) is 0 Å². The fourth-order valence-corrected chi connectivity index (χ4v) is 3.00. The van der Waals surface area contributed by atoms with Crippen LogP contribution < -0.4 is 14.9 Å². The van der Waals surface area contributed by atoms with Crippen molar-refractivity contribution in [1.82, 2.24) is 15.4 Å². The van der Waals surface area contributed by atoms with Crippen LogP contribution in [0.4, 0.5) is 0 Å². The van der Waals surface area contributed by atoms with Crippen LogP contribution in [0.2, 0.25) is 0 Å². The van der Waals surface area contributed by atoms with Gasteiger partial charge in [-0.15, -0.1) is 0 Å². The lowest BCUT2D eigenvalue weighted by molar-refractivity contribution is 0.0955. The number of aromatic nitrogens is 2. The van der Waals surface area contributed by atoms with Crippen LogP contribution in [-0.4, -0.2) is 41.6 Å². The molecule has 1 aromatic heterocycles. The van der Waals surface area contributed by atoms with Crippen molar-refractivity contribution in [2.24, 2.45) is 10.5 Å². The van der Waals surface area contributed by atoms with E-state index in [-0.39, 0.29) is 16.6 Å². The Labute approximate surface area is 163 Å². The fourth-order valence-electron chi connectivity index (χ4n) is 2.01. The summed E-state index contributed by atoms with van der Waals surface area (Å²) in [6.07, 6.45) is 1.70. The number of benzene rings is 1. The maximum atomic E-state index is 12.1. The van der Waals surface area contributed by atoms with Crippen LogP contribution in [0.3, 0.4) is 0 Å². The monoisotopic (exact) mass is 388 g/mol. The van der Waals surface area contributed by atoms with Gasteiger partial charge in [0.1, 0.15) is 0 Å². The highest BCUT2D eigenvalue weighted by atomic mass is 32.2. The summed E-state index contributed by atoms with van der Waals surface area (Å²) < 4.78 is 10.4. The second-order valence-corrected chi connectivity index (χ2v) is 7.83. The van der Waals surface area contributed by atoms with Crippen LogP contribution in [0.5, 0.6) is 11.8 Å². The van der Waals surface area contributed by atoms with Gasteiger partial charge in [0, 0.05) is 11.8 Å². The standard InChI is InChI=1S/C19H24N4O3S/c1-19(2,3)14(12-20-23-17(24)13-9-7-6-8-10-13)27-18-21-15(25-4)11-16(22-18)26-5/h6-12,14H,1-5H3,(H,23,24). The summed E-state index contributed by atoms with van der Waals surface area (Å²) >= 11 is 1.42. The maximum Gasteiger partial charge on any atom is 0.271 e. The molecule has 0 saturated carbocycles. The summed E-state index contributed by atoms with van der Waals surface area (Å²) in [5.41, 5.74) is 2.96. The first-order valence-electron chi connectivity index (χ1n) is 8.35. The number of methoxy groups -OCH3 is 2. The van der Waals surface area contributed by atoms with E-state index in [1.807, 2.05) is 6.07 Å². The van der Waals surface area contributed by atoms with Crippen molar-refractivity contribution in [2.75, 3.05) is 14.2 Å². The highest BCUT2D eigenvalue weighted by Crippen LogP contribution is 2.34. The van der Waals surface area contributed by atoms with Gasteiger partial charge >= 0.3 is 0 Å². The molecule has 7 nitrogen and oxygen atoms in total. The minimum atomic E-state index is -0.260. The molecule has 0 aliphatic heterocycles. The second-order valence-electron chi connectivity index (χ2n) is 6.72. The summed E-state index contributed by atoms with van der Waals surface area (Å²) in [7, 11) is 3.08. The SMILES string of the molecule is COc1cc(OC)nc(SC(C=NNC(=O)c2ccccc2)C(C)(C)C)n1. The van der Waals surface area contributed by atoms with E-state index < -0.39 is 0 Å². The van der Waals surface area contributed by atoms with E-state index in [1.165, 1.54) is 26.0 Å². The third kappa shape index (κ3) is 6.25. The number of carbonyl (C=O) groups excluding carboxylic acids is 1. The zero-order valence-electron chi connectivity index (χ0n) is 16.1. The largest absolute Gasteiger partial charge is 0.481 e. The number of ether oxygens (including phenoxy) is 2. The van der Waals surface area contributed by atoms with Gasteiger partial charge in [0.15, 0.2) is 5.16 Å². The summed E-state index contributed by atoms with van der Waals surface area (Å²) in [6.45, 7) is 6.23. The van der Waals surface area contributed by atoms with E-state index in [0.29, 0.717) is 22.5 Å². The Hall–Kier alpha value is -2.61. The number of amides is 1. The summed E-state index contributed by atoms with van der Waals surface area (Å²) in [4.78, 5) is 20.8. The van der Waals surface area contributed by atoms with Gasteiger partial charge in [-0.25, -0.2) is 5.43 Å². The predicted octanol–water partition coefficient (Wildman–Crippen LogP) is 3.42. The lowest BCUT2D eigenvalue weighted by atomic mass is 9.92. The quantitative estimate of drug-likeness (QED) is 0.339. The summed E-state index contributed by atoms with van der Waals surface area (Å²) in [5, 5.41) is 4.55. The summed E-state index contributed by atoms with van der Waals surface area (Å²) in [6, 6.07) is 10.5. The molecule has 27 heavy (non-hydrogen) atoms. The van der Waals surface area contributed by atoms with E-state index in [4.69, 9.17) is 9.47 Å². The van der Waals surface area contributed by atoms with E-state index in [1.54, 1.807) is 36.5 Å². The van der Waals surface area contributed by atoms with Crippen LogP contribution in [0, 0.1) is 5.41 Å².